The first-order chi connectivity index (χ1) is 9.84. The fraction of sp³-hybridized carbons (Fsp3) is 0. The van der Waals surface area contributed by atoms with Crippen molar-refractivity contribution >= 4 is 21.7 Å². The lowest BCUT2D eigenvalue weighted by atomic mass is 10.0. The van der Waals surface area contributed by atoms with Crippen LogP contribution in [0.2, 0.25) is 0 Å². The molecule has 0 aliphatic rings. The summed E-state index contributed by atoms with van der Waals surface area (Å²) in [6.45, 7) is 0. The lowest BCUT2D eigenvalue weighted by Gasteiger charge is -2.03. The van der Waals surface area contributed by atoms with Gasteiger partial charge in [0.15, 0.2) is 0 Å². The predicted octanol–water partition coefficient (Wildman–Crippen LogP) is 4.96. The van der Waals surface area contributed by atoms with Crippen LogP contribution in [0.3, 0.4) is 0 Å². The fourth-order valence-electron chi connectivity index (χ4n) is 2.68. The number of phenolic OH excluding ortho intramolecular Hbond substituents is 1. The number of phenols is 1. The minimum Gasteiger partial charge on any atom is -0.507 e. The highest BCUT2D eigenvalue weighted by Gasteiger charge is 2.13. The standard InChI is InChI=1S/C18H12O2/c19-17-10-15-16(12-6-2-1-3-7-12)11-20-18(15)14-9-5-4-8-13(14)17/h1-11,19H. The van der Waals surface area contributed by atoms with Crippen molar-refractivity contribution in [3.05, 3.63) is 66.9 Å². The van der Waals surface area contributed by atoms with Crippen LogP contribution < -0.4 is 0 Å². The van der Waals surface area contributed by atoms with Crippen LogP contribution in [0, 0.1) is 0 Å². The molecule has 0 bridgehead atoms. The summed E-state index contributed by atoms with van der Waals surface area (Å²) in [7, 11) is 0. The van der Waals surface area contributed by atoms with Crippen molar-refractivity contribution in [3.8, 4) is 16.9 Å². The molecule has 3 aromatic carbocycles. The highest BCUT2D eigenvalue weighted by molar-refractivity contribution is 6.11. The van der Waals surface area contributed by atoms with Gasteiger partial charge in [0, 0.05) is 21.7 Å². The molecule has 96 valence electrons. The van der Waals surface area contributed by atoms with Crippen LogP contribution in [-0.4, -0.2) is 5.11 Å². The Morgan fingerprint density at radius 1 is 0.750 bits per heavy atom. The molecule has 0 aliphatic heterocycles. The molecule has 0 spiro atoms. The van der Waals surface area contributed by atoms with Gasteiger partial charge >= 0.3 is 0 Å². The summed E-state index contributed by atoms with van der Waals surface area (Å²) < 4.78 is 5.76. The van der Waals surface area contributed by atoms with E-state index < -0.39 is 0 Å². The summed E-state index contributed by atoms with van der Waals surface area (Å²) in [5.41, 5.74) is 2.90. The lowest BCUT2D eigenvalue weighted by molar-refractivity contribution is 0.482. The van der Waals surface area contributed by atoms with Gasteiger partial charge in [-0.3, -0.25) is 0 Å². The molecule has 0 aliphatic carbocycles. The molecule has 1 N–H and O–H groups in total. The molecule has 0 amide bonds. The number of benzene rings is 3. The Morgan fingerprint density at radius 3 is 2.25 bits per heavy atom. The highest BCUT2D eigenvalue weighted by atomic mass is 16.3. The van der Waals surface area contributed by atoms with Crippen LogP contribution in [0.1, 0.15) is 0 Å². The van der Waals surface area contributed by atoms with Crippen LogP contribution in [-0.2, 0) is 0 Å². The van der Waals surface area contributed by atoms with Crippen molar-refractivity contribution in [2.24, 2.45) is 0 Å². The largest absolute Gasteiger partial charge is 0.507 e. The molecule has 0 radical (unpaired) electrons. The molecule has 4 aromatic rings. The van der Waals surface area contributed by atoms with Gasteiger partial charge in [-0.1, -0.05) is 54.6 Å². The molecule has 0 saturated heterocycles. The third-order valence-electron chi connectivity index (χ3n) is 3.64. The SMILES string of the molecule is Oc1cc2c(-c3ccccc3)coc2c2ccccc12. The first-order valence-electron chi connectivity index (χ1n) is 6.52. The monoisotopic (exact) mass is 260 g/mol. The van der Waals surface area contributed by atoms with Crippen molar-refractivity contribution in [2.75, 3.05) is 0 Å². The molecule has 0 unspecified atom stereocenters. The third-order valence-corrected chi connectivity index (χ3v) is 3.64. The Hall–Kier alpha value is -2.74. The summed E-state index contributed by atoms with van der Waals surface area (Å²) >= 11 is 0. The van der Waals surface area contributed by atoms with Crippen LogP contribution in [0.5, 0.6) is 5.75 Å². The zero-order valence-electron chi connectivity index (χ0n) is 10.7. The van der Waals surface area contributed by atoms with Gasteiger partial charge in [-0.25, -0.2) is 0 Å². The van der Waals surface area contributed by atoms with E-state index in [-0.39, 0.29) is 5.75 Å². The van der Waals surface area contributed by atoms with E-state index in [1.807, 2.05) is 54.6 Å². The van der Waals surface area contributed by atoms with E-state index >= 15 is 0 Å². The Kier molecular flexibility index (Phi) is 2.30. The topological polar surface area (TPSA) is 33.4 Å². The van der Waals surface area contributed by atoms with Gasteiger partial charge in [0.05, 0.1) is 6.26 Å². The number of hydrogen-bond donors (Lipinski definition) is 1. The second-order valence-electron chi connectivity index (χ2n) is 4.83. The Labute approximate surface area is 115 Å². The van der Waals surface area contributed by atoms with Crippen molar-refractivity contribution in [1.82, 2.24) is 0 Å². The molecule has 20 heavy (non-hydrogen) atoms. The zero-order valence-corrected chi connectivity index (χ0v) is 10.7. The average Bonchev–Trinajstić information content (AvgIpc) is 2.92. The van der Waals surface area contributed by atoms with Crippen LogP contribution in [0.4, 0.5) is 0 Å². The van der Waals surface area contributed by atoms with Gasteiger partial charge in [-0.15, -0.1) is 0 Å². The minimum absolute atomic E-state index is 0.284. The van der Waals surface area contributed by atoms with Crippen LogP contribution >= 0.6 is 0 Å². The molecular weight excluding hydrogens is 248 g/mol. The van der Waals surface area contributed by atoms with E-state index in [9.17, 15) is 5.11 Å². The minimum atomic E-state index is 0.284. The molecule has 1 aromatic heterocycles. The fourth-order valence-corrected chi connectivity index (χ4v) is 2.68. The summed E-state index contributed by atoms with van der Waals surface area (Å²) in [6.07, 6.45) is 1.76. The van der Waals surface area contributed by atoms with Gasteiger partial charge in [-0.2, -0.15) is 0 Å². The van der Waals surface area contributed by atoms with Crippen molar-refractivity contribution in [1.29, 1.82) is 0 Å². The van der Waals surface area contributed by atoms with E-state index in [2.05, 4.69) is 0 Å². The average molecular weight is 260 g/mol. The number of aromatic hydroxyl groups is 1. The van der Waals surface area contributed by atoms with Crippen molar-refractivity contribution < 1.29 is 9.52 Å². The molecule has 4 rings (SSSR count). The van der Waals surface area contributed by atoms with E-state index in [0.29, 0.717) is 0 Å². The zero-order chi connectivity index (χ0) is 13.5. The lowest BCUT2D eigenvalue weighted by Crippen LogP contribution is -1.78. The van der Waals surface area contributed by atoms with Crippen molar-refractivity contribution in [3.63, 3.8) is 0 Å². The third kappa shape index (κ3) is 1.51. The second-order valence-corrected chi connectivity index (χ2v) is 4.83. The summed E-state index contributed by atoms with van der Waals surface area (Å²) in [4.78, 5) is 0. The summed E-state index contributed by atoms with van der Waals surface area (Å²) in [6, 6.07) is 19.6. The Balaban J connectivity index is 2.12. The predicted molar refractivity (Wildman–Crippen MR) is 80.8 cm³/mol. The van der Waals surface area contributed by atoms with E-state index in [1.54, 1.807) is 12.3 Å². The molecule has 2 heteroatoms. The summed E-state index contributed by atoms with van der Waals surface area (Å²) in [5.74, 6) is 0.284. The molecular formula is C18H12O2. The molecule has 2 nitrogen and oxygen atoms in total. The number of hydrogen-bond acceptors (Lipinski definition) is 2. The first-order valence-corrected chi connectivity index (χ1v) is 6.52. The number of fused-ring (bicyclic) bond motifs is 3. The van der Waals surface area contributed by atoms with E-state index in [4.69, 9.17) is 4.42 Å². The van der Waals surface area contributed by atoms with E-state index in [1.165, 1.54) is 0 Å². The maximum Gasteiger partial charge on any atom is 0.142 e. The maximum absolute atomic E-state index is 10.2. The molecule has 0 fully saturated rings. The van der Waals surface area contributed by atoms with Gasteiger partial charge in [0.1, 0.15) is 11.3 Å². The van der Waals surface area contributed by atoms with E-state index in [0.717, 1.165) is 32.9 Å². The van der Waals surface area contributed by atoms with Crippen molar-refractivity contribution in [2.45, 2.75) is 0 Å². The second kappa shape index (κ2) is 4.14. The first kappa shape index (κ1) is 11.1. The number of furan rings is 1. The summed E-state index contributed by atoms with van der Waals surface area (Å²) in [5, 5.41) is 12.9. The van der Waals surface area contributed by atoms with Crippen LogP contribution in [0.25, 0.3) is 32.9 Å². The molecule has 0 saturated carbocycles. The molecule has 0 atom stereocenters. The quantitative estimate of drug-likeness (QED) is 0.525. The smallest absolute Gasteiger partial charge is 0.142 e. The van der Waals surface area contributed by atoms with Gasteiger partial charge in [-0.05, 0) is 11.6 Å². The van der Waals surface area contributed by atoms with Crippen LogP contribution in [0.15, 0.2) is 71.3 Å². The van der Waals surface area contributed by atoms with Gasteiger partial charge in [0.2, 0.25) is 0 Å². The molecule has 1 heterocycles. The Morgan fingerprint density at radius 2 is 1.45 bits per heavy atom. The highest BCUT2D eigenvalue weighted by Crippen LogP contribution is 2.38. The normalized spacial score (nSPS) is 11.2. The number of rotatable bonds is 1. The Bertz CT molecular complexity index is 905. The maximum atomic E-state index is 10.2. The van der Waals surface area contributed by atoms with Gasteiger partial charge in [0.25, 0.3) is 0 Å². The van der Waals surface area contributed by atoms with Gasteiger partial charge < -0.3 is 9.52 Å².